The van der Waals surface area contributed by atoms with E-state index in [9.17, 15) is 4.79 Å². The van der Waals surface area contributed by atoms with Crippen LogP contribution in [0.15, 0.2) is 30.5 Å². The molecule has 1 aromatic carbocycles. The number of rotatable bonds is 5. The van der Waals surface area contributed by atoms with Gasteiger partial charge in [0.25, 0.3) is 0 Å². The van der Waals surface area contributed by atoms with Crippen molar-refractivity contribution in [2.75, 3.05) is 13.1 Å². The highest BCUT2D eigenvalue weighted by atomic mass is 16.2. The van der Waals surface area contributed by atoms with Crippen LogP contribution in [-0.2, 0) is 17.9 Å². The van der Waals surface area contributed by atoms with Gasteiger partial charge in [-0.1, -0.05) is 29.5 Å². The van der Waals surface area contributed by atoms with E-state index in [1.54, 1.807) is 0 Å². The Balaban J connectivity index is 1.36. The molecule has 132 valence electrons. The first-order valence-corrected chi connectivity index (χ1v) is 8.88. The average molecular weight is 340 g/mol. The molecule has 2 aliphatic rings. The number of benzene rings is 1. The molecule has 1 saturated carbocycles. The zero-order valence-electron chi connectivity index (χ0n) is 14.2. The van der Waals surface area contributed by atoms with Gasteiger partial charge in [0.05, 0.1) is 17.9 Å². The van der Waals surface area contributed by atoms with Crippen LogP contribution in [0.4, 0.5) is 0 Å². The lowest BCUT2D eigenvalue weighted by molar-refractivity contribution is -0.131. The molecule has 1 saturated heterocycles. The first kappa shape index (κ1) is 16.2. The fourth-order valence-corrected chi connectivity index (χ4v) is 3.72. The molecule has 1 amide bonds. The SMILES string of the molecule is NCc1ccc([C@@H]2C[C@H]2C(=O)N2CCC(n3cc(CN)nn3)C2)cc1. The molecule has 4 N–H and O–H groups in total. The number of likely N-dealkylation sites (tertiary alicyclic amines) is 1. The van der Waals surface area contributed by atoms with Gasteiger partial charge in [0, 0.05) is 32.1 Å². The van der Waals surface area contributed by atoms with Crippen molar-refractivity contribution in [1.29, 1.82) is 0 Å². The van der Waals surface area contributed by atoms with Gasteiger partial charge in [-0.3, -0.25) is 4.79 Å². The molecule has 1 unspecified atom stereocenters. The van der Waals surface area contributed by atoms with Crippen molar-refractivity contribution in [2.45, 2.75) is 37.9 Å². The van der Waals surface area contributed by atoms with E-state index >= 15 is 0 Å². The van der Waals surface area contributed by atoms with E-state index in [-0.39, 0.29) is 17.9 Å². The molecule has 25 heavy (non-hydrogen) atoms. The Bertz CT molecular complexity index is 755. The molecular formula is C18H24N6O. The molecule has 2 aromatic rings. The van der Waals surface area contributed by atoms with Crippen LogP contribution in [0.5, 0.6) is 0 Å². The molecule has 2 fully saturated rings. The van der Waals surface area contributed by atoms with Gasteiger partial charge in [0.1, 0.15) is 0 Å². The minimum atomic E-state index is 0.123. The number of carbonyl (C=O) groups is 1. The van der Waals surface area contributed by atoms with Crippen LogP contribution in [0.25, 0.3) is 0 Å². The third kappa shape index (κ3) is 3.17. The molecule has 2 heterocycles. The molecular weight excluding hydrogens is 316 g/mol. The van der Waals surface area contributed by atoms with Crippen molar-refractivity contribution in [1.82, 2.24) is 19.9 Å². The van der Waals surface area contributed by atoms with Crippen LogP contribution >= 0.6 is 0 Å². The summed E-state index contributed by atoms with van der Waals surface area (Å²) in [5.74, 6) is 0.751. The molecule has 3 atom stereocenters. The molecule has 4 rings (SSSR count). The number of hydrogen-bond acceptors (Lipinski definition) is 5. The van der Waals surface area contributed by atoms with Crippen molar-refractivity contribution in [3.63, 3.8) is 0 Å². The van der Waals surface area contributed by atoms with Crippen LogP contribution < -0.4 is 11.5 Å². The molecule has 0 spiro atoms. The Morgan fingerprint density at radius 1 is 1.20 bits per heavy atom. The fraction of sp³-hybridized carbons (Fsp3) is 0.500. The molecule has 0 bridgehead atoms. The van der Waals surface area contributed by atoms with E-state index in [1.807, 2.05) is 15.8 Å². The molecule has 1 aromatic heterocycles. The summed E-state index contributed by atoms with van der Waals surface area (Å²) in [7, 11) is 0. The highest BCUT2D eigenvalue weighted by Crippen LogP contribution is 2.49. The second-order valence-corrected chi connectivity index (χ2v) is 7.02. The van der Waals surface area contributed by atoms with Crippen molar-refractivity contribution in [3.8, 4) is 0 Å². The van der Waals surface area contributed by atoms with Crippen LogP contribution in [0.1, 0.15) is 41.6 Å². The smallest absolute Gasteiger partial charge is 0.226 e. The Hall–Kier alpha value is -2.25. The maximum absolute atomic E-state index is 12.8. The minimum absolute atomic E-state index is 0.123. The predicted octanol–water partition coefficient (Wildman–Crippen LogP) is 0.773. The Kier molecular flexibility index (Phi) is 4.27. The first-order valence-electron chi connectivity index (χ1n) is 8.88. The predicted molar refractivity (Wildman–Crippen MR) is 93.3 cm³/mol. The Morgan fingerprint density at radius 3 is 2.68 bits per heavy atom. The zero-order chi connectivity index (χ0) is 17.4. The Labute approximate surface area is 147 Å². The number of amides is 1. The second-order valence-electron chi connectivity index (χ2n) is 7.02. The third-order valence-electron chi connectivity index (χ3n) is 5.37. The van der Waals surface area contributed by atoms with Gasteiger partial charge in [0.15, 0.2) is 0 Å². The van der Waals surface area contributed by atoms with Gasteiger partial charge in [-0.2, -0.15) is 0 Å². The van der Waals surface area contributed by atoms with E-state index in [2.05, 4.69) is 34.6 Å². The lowest BCUT2D eigenvalue weighted by Crippen LogP contribution is -2.30. The van der Waals surface area contributed by atoms with E-state index < -0.39 is 0 Å². The van der Waals surface area contributed by atoms with E-state index in [4.69, 9.17) is 11.5 Å². The van der Waals surface area contributed by atoms with Crippen LogP contribution in [0.2, 0.25) is 0 Å². The van der Waals surface area contributed by atoms with Crippen molar-refractivity contribution < 1.29 is 4.79 Å². The van der Waals surface area contributed by atoms with Gasteiger partial charge >= 0.3 is 0 Å². The third-order valence-corrected chi connectivity index (χ3v) is 5.37. The normalized spacial score (nSPS) is 25.4. The molecule has 7 heteroatoms. The lowest BCUT2D eigenvalue weighted by Gasteiger charge is -2.16. The summed E-state index contributed by atoms with van der Waals surface area (Å²) in [6.45, 7) is 2.44. The minimum Gasteiger partial charge on any atom is -0.340 e. The first-order chi connectivity index (χ1) is 12.2. The van der Waals surface area contributed by atoms with Crippen molar-refractivity contribution >= 4 is 5.91 Å². The van der Waals surface area contributed by atoms with Crippen LogP contribution in [0.3, 0.4) is 0 Å². The van der Waals surface area contributed by atoms with Crippen molar-refractivity contribution in [2.24, 2.45) is 17.4 Å². The number of aromatic nitrogens is 3. The maximum Gasteiger partial charge on any atom is 0.226 e. The van der Waals surface area contributed by atoms with Gasteiger partial charge in [-0.05, 0) is 29.9 Å². The van der Waals surface area contributed by atoms with Crippen LogP contribution in [-0.4, -0.2) is 38.9 Å². The molecule has 7 nitrogen and oxygen atoms in total. The summed E-state index contributed by atoms with van der Waals surface area (Å²) in [4.78, 5) is 14.8. The largest absolute Gasteiger partial charge is 0.340 e. The lowest BCUT2D eigenvalue weighted by atomic mass is 10.1. The standard InChI is InChI=1S/C18H24N6O/c19-8-12-1-3-13(4-2-12)16-7-17(16)18(25)23-6-5-15(11-23)24-10-14(9-20)21-22-24/h1-4,10,15-17H,5-9,11,19-20H2/t15?,16-,17+/m0/s1. The van der Waals surface area contributed by atoms with E-state index in [1.165, 1.54) is 5.56 Å². The molecule has 1 aliphatic carbocycles. The van der Waals surface area contributed by atoms with Crippen LogP contribution in [0, 0.1) is 5.92 Å². The quantitative estimate of drug-likeness (QED) is 0.837. The second kappa shape index (κ2) is 6.57. The highest BCUT2D eigenvalue weighted by molar-refractivity contribution is 5.83. The summed E-state index contributed by atoms with van der Waals surface area (Å²) in [6.07, 6.45) is 3.75. The van der Waals surface area contributed by atoms with Gasteiger partial charge in [-0.25, -0.2) is 4.68 Å². The fourth-order valence-electron chi connectivity index (χ4n) is 3.72. The van der Waals surface area contributed by atoms with E-state index in [0.717, 1.165) is 30.6 Å². The average Bonchev–Trinajstić information content (AvgIpc) is 3.07. The summed E-state index contributed by atoms with van der Waals surface area (Å²) in [5, 5.41) is 8.18. The summed E-state index contributed by atoms with van der Waals surface area (Å²) >= 11 is 0. The number of hydrogen-bond donors (Lipinski definition) is 2. The summed E-state index contributed by atoms with van der Waals surface area (Å²) in [5.41, 5.74) is 14.4. The highest BCUT2D eigenvalue weighted by Gasteiger charge is 2.46. The topological polar surface area (TPSA) is 103 Å². The zero-order valence-corrected chi connectivity index (χ0v) is 14.2. The Morgan fingerprint density at radius 2 is 2.00 bits per heavy atom. The van der Waals surface area contributed by atoms with Gasteiger partial charge in [-0.15, -0.1) is 5.10 Å². The summed E-state index contributed by atoms with van der Waals surface area (Å²) in [6, 6.07) is 8.53. The van der Waals surface area contributed by atoms with Gasteiger partial charge in [0.2, 0.25) is 5.91 Å². The van der Waals surface area contributed by atoms with E-state index in [0.29, 0.717) is 25.6 Å². The number of nitrogens with two attached hydrogens (primary N) is 2. The molecule has 1 aliphatic heterocycles. The van der Waals surface area contributed by atoms with Crippen molar-refractivity contribution in [3.05, 3.63) is 47.3 Å². The monoisotopic (exact) mass is 340 g/mol. The van der Waals surface area contributed by atoms with Gasteiger partial charge < -0.3 is 16.4 Å². The maximum atomic E-state index is 12.8. The number of carbonyl (C=O) groups excluding carboxylic acids is 1. The molecule has 0 radical (unpaired) electrons. The number of nitrogens with zero attached hydrogens (tertiary/aromatic N) is 4. The summed E-state index contributed by atoms with van der Waals surface area (Å²) < 4.78 is 1.85.